The van der Waals surface area contributed by atoms with Gasteiger partial charge in [-0.15, -0.1) is 0 Å². The van der Waals surface area contributed by atoms with Crippen molar-refractivity contribution in [2.45, 2.75) is 51.4 Å². The van der Waals surface area contributed by atoms with Crippen LogP contribution in [-0.4, -0.2) is 11.9 Å². The van der Waals surface area contributed by atoms with Crippen molar-refractivity contribution in [3.63, 3.8) is 0 Å². The van der Waals surface area contributed by atoms with Crippen LogP contribution < -0.4 is 0 Å². The van der Waals surface area contributed by atoms with Gasteiger partial charge < -0.3 is 4.74 Å². The Morgan fingerprint density at radius 1 is 0.680 bits per heavy atom. The Kier molecular flexibility index (Phi) is 4.39. The minimum atomic E-state index is -0.517. The zero-order valence-corrected chi connectivity index (χ0v) is 14.3. The van der Waals surface area contributed by atoms with E-state index in [9.17, 15) is 9.59 Å². The summed E-state index contributed by atoms with van der Waals surface area (Å²) >= 11 is 0. The SMILES string of the molecule is O=C(OC(=O)C1=CCCC2=C1C=CCC2)C1=CCCC2=C1C=CCC2. The maximum Gasteiger partial charge on any atom is 0.346 e. The second-order valence-corrected chi connectivity index (χ2v) is 6.91. The molecule has 0 radical (unpaired) electrons. The van der Waals surface area contributed by atoms with Gasteiger partial charge in [0.15, 0.2) is 0 Å². The zero-order valence-electron chi connectivity index (χ0n) is 14.3. The first-order valence-corrected chi connectivity index (χ1v) is 9.19. The lowest BCUT2D eigenvalue weighted by Gasteiger charge is -2.23. The molecular formula is C22H22O3. The van der Waals surface area contributed by atoms with Gasteiger partial charge in [0.25, 0.3) is 0 Å². The molecule has 0 aromatic carbocycles. The van der Waals surface area contributed by atoms with Gasteiger partial charge in [-0.25, -0.2) is 9.59 Å². The molecule has 0 aromatic rings. The summed E-state index contributed by atoms with van der Waals surface area (Å²) < 4.78 is 5.28. The first-order chi connectivity index (χ1) is 12.2. The van der Waals surface area contributed by atoms with Gasteiger partial charge in [0.2, 0.25) is 0 Å². The number of rotatable bonds is 2. The first-order valence-electron chi connectivity index (χ1n) is 9.19. The van der Waals surface area contributed by atoms with Gasteiger partial charge in [-0.05, 0) is 62.5 Å². The fraction of sp³-hybridized carbons (Fsp3) is 0.364. The Balaban J connectivity index is 1.52. The smallest absolute Gasteiger partial charge is 0.346 e. The molecule has 0 saturated heterocycles. The predicted molar refractivity (Wildman–Crippen MR) is 96.5 cm³/mol. The lowest BCUT2D eigenvalue weighted by molar-refractivity contribution is -0.153. The highest BCUT2D eigenvalue weighted by molar-refractivity contribution is 6.07. The number of carbonyl (C=O) groups excluding carboxylic acids is 2. The number of carbonyl (C=O) groups is 2. The Morgan fingerprint density at radius 2 is 1.12 bits per heavy atom. The molecule has 4 aliphatic carbocycles. The standard InChI is InChI=1S/C22H22O3/c23-21(19-13-5-9-15-7-1-3-11-17(15)19)25-22(24)20-14-6-10-16-8-2-4-12-18(16)20/h3-4,11-14H,1-2,5-10H2. The van der Waals surface area contributed by atoms with Crippen molar-refractivity contribution in [2.75, 3.05) is 0 Å². The van der Waals surface area contributed by atoms with Gasteiger partial charge in [-0.3, -0.25) is 0 Å². The van der Waals surface area contributed by atoms with Crippen LogP contribution >= 0.6 is 0 Å². The summed E-state index contributed by atoms with van der Waals surface area (Å²) in [5, 5.41) is 0. The van der Waals surface area contributed by atoms with Gasteiger partial charge in [0.1, 0.15) is 0 Å². The minimum Gasteiger partial charge on any atom is -0.386 e. The van der Waals surface area contributed by atoms with E-state index < -0.39 is 11.9 Å². The normalized spacial score (nSPS) is 22.1. The fourth-order valence-electron chi connectivity index (χ4n) is 4.08. The average molecular weight is 334 g/mol. The van der Waals surface area contributed by atoms with E-state index >= 15 is 0 Å². The third kappa shape index (κ3) is 3.11. The molecule has 0 saturated carbocycles. The topological polar surface area (TPSA) is 43.4 Å². The number of allylic oxidation sites excluding steroid dienone is 8. The van der Waals surface area contributed by atoms with E-state index in [0.717, 1.165) is 62.5 Å². The Hall–Kier alpha value is -2.42. The minimum absolute atomic E-state index is 0.517. The molecule has 0 atom stereocenters. The van der Waals surface area contributed by atoms with Crippen LogP contribution in [0.25, 0.3) is 0 Å². The summed E-state index contributed by atoms with van der Waals surface area (Å²) in [6.07, 6.45) is 19.7. The van der Waals surface area contributed by atoms with Gasteiger partial charge in [0, 0.05) is 0 Å². The number of hydrogen-bond donors (Lipinski definition) is 0. The van der Waals surface area contributed by atoms with Crippen LogP contribution in [0.15, 0.2) is 69.9 Å². The molecule has 3 heteroatoms. The quantitative estimate of drug-likeness (QED) is 0.539. The fourth-order valence-corrected chi connectivity index (χ4v) is 4.08. The first kappa shape index (κ1) is 16.1. The van der Waals surface area contributed by atoms with E-state index in [-0.39, 0.29) is 0 Å². The largest absolute Gasteiger partial charge is 0.386 e. The van der Waals surface area contributed by atoms with E-state index in [0.29, 0.717) is 11.1 Å². The summed E-state index contributed by atoms with van der Waals surface area (Å²) in [6.45, 7) is 0. The summed E-state index contributed by atoms with van der Waals surface area (Å²) in [5.41, 5.74) is 5.64. The Labute approximate surface area is 148 Å². The molecule has 4 rings (SSSR count). The molecule has 25 heavy (non-hydrogen) atoms. The van der Waals surface area contributed by atoms with Crippen molar-refractivity contribution in [3.8, 4) is 0 Å². The Bertz CT molecular complexity index is 736. The van der Waals surface area contributed by atoms with Crippen molar-refractivity contribution in [3.05, 3.63) is 69.9 Å². The maximum atomic E-state index is 12.6. The molecule has 0 amide bonds. The summed E-state index contributed by atoms with van der Waals surface area (Å²) in [7, 11) is 0. The van der Waals surface area contributed by atoms with E-state index in [1.54, 1.807) is 0 Å². The van der Waals surface area contributed by atoms with Gasteiger partial charge in [-0.2, -0.15) is 0 Å². The summed E-state index contributed by atoms with van der Waals surface area (Å²) in [6, 6.07) is 0. The van der Waals surface area contributed by atoms with Crippen LogP contribution in [-0.2, 0) is 14.3 Å². The van der Waals surface area contributed by atoms with E-state index in [1.165, 1.54) is 11.1 Å². The number of ether oxygens (including phenoxy) is 1. The highest BCUT2D eigenvalue weighted by atomic mass is 16.6. The molecule has 0 fully saturated rings. The third-order valence-corrected chi connectivity index (χ3v) is 5.35. The summed E-state index contributed by atoms with van der Waals surface area (Å²) in [5.74, 6) is -1.03. The monoisotopic (exact) mass is 334 g/mol. The second kappa shape index (κ2) is 6.83. The molecule has 0 heterocycles. The maximum absolute atomic E-state index is 12.6. The van der Waals surface area contributed by atoms with Gasteiger partial charge in [-0.1, -0.05) is 47.6 Å². The van der Waals surface area contributed by atoms with Crippen LogP contribution in [0.2, 0.25) is 0 Å². The molecule has 0 N–H and O–H groups in total. The number of hydrogen-bond acceptors (Lipinski definition) is 3. The van der Waals surface area contributed by atoms with Crippen molar-refractivity contribution < 1.29 is 14.3 Å². The van der Waals surface area contributed by atoms with Crippen LogP contribution in [0, 0.1) is 0 Å². The zero-order chi connectivity index (χ0) is 17.2. The number of esters is 2. The molecule has 0 aliphatic heterocycles. The average Bonchev–Trinajstić information content (AvgIpc) is 2.67. The molecule has 3 nitrogen and oxygen atoms in total. The molecule has 0 unspecified atom stereocenters. The molecule has 0 aromatic heterocycles. The second-order valence-electron chi connectivity index (χ2n) is 6.91. The van der Waals surface area contributed by atoms with Crippen molar-refractivity contribution in [1.29, 1.82) is 0 Å². The highest BCUT2D eigenvalue weighted by Crippen LogP contribution is 2.35. The van der Waals surface area contributed by atoms with Gasteiger partial charge >= 0.3 is 11.9 Å². The van der Waals surface area contributed by atoms with Crippen molar-refractivity contribution >= 4 is 11.9 Å². The van der Waals surface area contributed by atoms with E-state index in [2.05, 4.69) is 12.2 Å². The summed E-state index contributed by atoms with van der Waals surface area (Å²) in [4.78, 5) is 25.3. The van der Waals surface area contributed by atoms with Crippen LogP contribution in [0.3, 0.4) is 0 Å². The van der Waals surface area contributed by atoms with E-state index in [1.807, 2.05) is 24.3 Å². The van der Waals surface area contributed by atoms with Gasteiger partial charge in [0.05, 0.1) is 11.1 Å². The van der Waals surface area contributed by atoms with Crippen LogP contribution in [0.5, 0.6) is 0 Å². The van der Waals surface area contributed by atoms with Crippen molar-refractivity contribution in [2.24, 2.45) is 0 Å². The van der Waals surface area contributed by atoms with Crippen molar-refractivity contribution in [1.82, 2.24) is 0 Å². The van der Waals surface area contributed by atoms with Crippen LogP contribution in [0.4, 0.5) is 0 Å². The lowest BCUT2D eigenvalue weighted by atomic mass is 9.84. The van der Waals surface area contributed by atoms with E-state index in [4.69, 9.17) is 4.74 Å². The Morgan fingerprint density at radius 3 is 1.60 bits per heavy atom. The molecule has 0 bridgehead atoms. The predicted octanol–water partition coefficient (Wildman–Crippen LogP) is 4.79. The molecular weight excluding hydrogens is 312 g/mol. The molecule has 4 aliphatic rings. The third-order valence-electron chi connectivity index (χ3n) is 5.35. The molecule has 0 spiro atoms. The molecule has 128 valence electrons. The lowest BCUT2D eigenvalue weighted by Crippen LogP contribution is -2.21. The highest BCUT2D eigenvalue weighted by Gasteiger charge is 2.28. The van der Waals surface area contributed by atoms with Crippen LogP contribution in [0.1, 0.15) is 51.4 Å².